The van der Waals surface area contributed by atoms with Gasteiger partial charge in [-0.2, -0.15) is 9.36 Å². The minimum atomic E-state index is -0.217. The number of nitrogens with one attached hydrogen (secondary N) is 1. The van der Waals surface area contributed by atoms with Gasteiger partial charge in [-0.3, -0.25) is 4.79 Å². The summed E-state index contributed by atoms with van der Waals surface area (Å²) >= 11 is 1.16. The standard InChI is InChI=1S/C28H29N3O5S/c1-18-5-7-19(8-6-18)16-26-30-28(37-31-26)36-25-17-21(10-12-23(25)34-3)27(32)29-14-13-20-9-11-22(33-2)24(15-20)35-4/h5-12,15,17H,13-14,16H2,1-4H3,(H,29,32). The van der Waals surface area contributed by atoms with E-state index in [1.807, 2.05) is 18.2 Å². The average Bonchev–Trinajstić information content (AvgIpc) is 3.36. The predicted octanol–water partition coefficient (Wildman–Crippen LogP) is 5.23. The molecule has 0 spiro atoms. The molecule has 9 heteroatoms. The second-order valence-electron chi connectivity index (χ2n) is 8.30. The van der Waals surface area contributed by atoms with E-state index < -0.39 is 0 Å². The van der Waals surface area contributed by atoms with Gasteiger partial charge in [0.15, 0.2) is 28.8 Å². The van der Waals surface area contributed by atoms with E-state index >= 15 is 0 Å². The van der Waals surface area contributed by atoms with E-state index in [9.17, 15) is 4.79 Å². The van der Waals surface area contributed by atoms with Crippen LogP contribution in [0, 0.1) is 6.92 Å². The minimum Gasteiger partial charge on any atom is -0.493 e. The second-order valence-corrected chi connectivity index (χ2v) is 9.02. The summed E-state index contributed by atoms with van der Waals surface area (Å²) in [6.45, 7) is 2.51. The molecular formula is C28H29N3O5S. The Bertz CT molecular complexity index is 1350. The average molecular weight is 520 g/mol. The van der Waals surface area contributed by atoms with Crippen molar-refractivity contribution >= 4 is 17.4 Å². The van der Waals surface area contributed by atoms with Crippen molar-refractivity contribution in [3.8, 4) is 28.2 Å². The van der Waals surface area contributed by atoms with E-state index in [4.69, 9.17) is 18.9 Å². The van der Waals surface area contributed by atoms with Gasteiger partial charge in [0.25, 0.3) is 11.1 Å². The number of aromatic nitrogens is 2. The van der Waals surface area contributed by atoms with Crippen LogP contribution in [0.4, 0.5) is 0 Å². The molecule has 37 heavy (non-hydrogen) atoms. The van der Waals surface area contributed by atoms with Gasteiger partial charge in [-0.25, -0.2) is 0 Å². The Morgan fingerprint density at radius 3 is 2.24 bits per heavy atom. The molecule has 3 aromatic carbocycles. The lowest BCUT2D eigenvalue weighted by Gasteiger charge is -2.11. The molecule has 0 radical (unpaired) electrons. The van der Waals surface area contributed by atoms with Crippen molar-refractivity contribution in [3.63, 3.8) is 0 Å². The molecule has 1 heterocycles. The van der Waals surface area contributed by atoms with Crippen LogP contribution in [0.2, 0.25) is 0 Å². The first-order chi connectivity index (χ1) is 18.0. The number of hydrogen-bond acceptors (Lipinski definition) is 8. The topological polar surface area (TPSA) is 91.8 Å². The fourth-order valence-electron chi connectivity index (χ4n) is 3.69. The Morgan fingerprint density at radius 1 is 0.838 bits per heavy atom. The van der Waals surface area contributed by atoms with E-state index in [0.29, 0.717) is 59.0 Å². The van der Waals surface area contributed by atoms with Gasteiger partial charge in [0.05, 0.1) is 21.3 Å². The summed E-state index contributed by atoms with van der Waals surface area (Å²) in [5, 5.41) is 3.33. The van der Waals surface area contributed by atoms with Crippen LogP contribution in [0.1, 0.15) is 32.9 Å². The third-order valence-electron chi connectivity index (χ3n) is 5.70. The Balaban J connectivity index is 1.39. The van der Waals surface area contributed by atoms with Crippen molar-refractivity contribution in [2.75, 3.05) is 27.9 Å². The fourth-order valence-corrected chi connectivity index (χ4v) is 4.25. The van der Waals surface area contributed by atoms with Gasteiger partial charge >= 0.3 is 0 Å². The monoisotopic (exact) mass is 519 g/mol. The number of amides is 1. The summed E-state index contributed by atoms with van der Waals surface area (Å²) in [5.41, 5.74) is 3.80. The Labute approximate surface area is 220 Å². The zero-order valence-corrected chi connectivity index (χ0v) is 22.1. The van der Waals surface area contributed by atoms with Crippen molar-refractivity contribution in [2.45, 2.75) is 19.8 Å². The van der Waals surface area contributed by atoms with Gasteiger partial charge < -0.3 is 24.3 Å². The van der Waals surface area contributed by atoms with Gasteiger partial charge in [0.2, 0.25) is 0 Å². The van der Waals surface area contributed by atoms with Gasteiger partial charge in [-0.1, -0.05) is 35.9 Å². The van der Waals surface area contributed by atoms with E-state index in [2.05, 4.69) is 45.9 Å². The molecule has 1 N–H and O–H groups in total. The summed E-state index contributed by atoms with van der Waals surface area (Å²) in [7, 11) is 4.74. The first-order valence-corrected chi connectivity index (χ1v) is 12.5. The molecule has 0 bridgehead atoms. The van der Waals surface area contributed by atoms with E-state index in [1.54, 1.807) is 39.5 Å². The third-order valence-corrected chi connectivity index (χ3v) is 6.34. The van der Waals surface area contributed by atoms with Crippen molar-refractivity contribution in [3.05, 3.63) is 88.7 Å². The van der Waals surface area contributed by atoms with Crippen LogP contribution >= 0.6 is 11.5 Å². The number of hydrogen-bond donors (Lipinski definition) is 1. The zero-order chi connectivity index (χ0) is 26.2. The van der Waals surface area contributed by atoms with Crippen molar-refractivity contribution in [1.29, 1.82) is 0 Å². The molecule has 0 fully saturated rings. The maximum Gasteiger partial charge on any atom is 0.298 e. The largest absolute Gasteiger partial charge is 0.493 e. The molecule has 0 saturated heterocycles. The lowest BCUT2D eigenvalue weighted by atomic mass is 10.1. The SMILES string of the molecule is COc1ccc(CCNC(=O)c2ccc(OC)c(Oc3nc(Cc4ccc(C)cc4)ns3)c2)cc1OC. The summed E-state index contributed by atoms with van der Waals surface area (Å²) in [4.78, 5) is 17.3. The number of nitrogens with zero attached hydrogens (tertiary/aromatic N) is 2. The third kappa shape index (κ3) is 6.77. The quantitative estimate of drug-likeness (QED) is 0.290. The highest BCUT2D eigenvalue weighted by Gasteiger charge is 2.15. The normalized spacial score (nSPS) is 10.6. The van der Waals surface area contributed by atoms with Crippen LogP contribution < -0.4 is 24.3 Å². The number of rotatable bonds is 11. The summed E-state index contributed by atoms with van der Waals surface area (Å²) in [6, 6.07) is 19.0. The number of carbonyl (C=O) groups excluding carboxylic acids is 1. The number of carbonyl (C=O) groups is 1. The van der Waals surface area contributed by atoms with Crippen LogP contribution in [0.3, 0.4) is 0 Å². The van der Waals surface area contributed by atoms with Crippen LogP contribution in [0.15, 0.2) is 60.7 Å². The van der Waals surface area contributed by atoms with E-state index in [1.165, 1.54) is 5.56 Å². The van der Waals surface area contributed by atoms with E-state index in [-0.39, 0.29) is 5.91 Å². The molecule has 0 saturated carbocycles. The molecule has 0 atom stereocenters. The zero-order valence-electron chi connectivity index (χ0n) is 21.2. The second kappa shape index (κ2) is 12.2. The van der Waals surface area contributed by atoms with Gasteiger partial charge in [0, 0.05) is 30.1 Å². The molecular weight excluding hydrogens is 490 g/mol. The maximum absolute atomic E-state index is 12.8. The molecule has 1 amide bonds. The Hall–Kier alpha value is -4.11. The first-order valence-electron chi connectivity index (χ1n) is 11.7. The Kier molecular flexibility index (Phi) is 8.58. The van der Waals surface area contributed by atoms with Crippen molar-refractivity contribution in [2.24, 2.45) is 0 Å². The number of methoxy groups -OCH3 is 3. The summed E-state index contributed by atoms with van der Waals surface area (Å²) in [5.74, 6) is 2.67. The van der Waals surface area contributed by atoms with Crippen LogP contribution in [-0.2, 0) is 12.8 Å². The predicted molar refractivity (Wildman–Crippen MR) is 143 cm³/mol. The van der Waals surface area contributed by atoms with Gasteiger partial charge in [-0.05, 0) is 54.8 Å². The highest BCUT2D eigenvalue weighted by Crippen LogP contribution is 2.33. The Morgan fingerprint density at radius 2 is 1.51 bits per heavy atom. The smallest absolute Gasteiger partial charge is 0.298 e. The molecule has 0 unspecified atom stereocenters. The van der Waals surface area contributed by atoms with Gasteiger partial charge in [0.1, 0.15) is 0 Å². The van der Waals surface area contributed by atoms with Crippen LogP contribution in [0.5, 0.6) is 28.2 Å². The number of aryl methyl sites for hydroxylation is 1. The molecule has 0 aliphatic carbocycles. The molecule has 192 valence electrons. The first kappa shape index (κ1) is 26.0. The fraction of sp³-hybridized carbons (Fsp3) is 0.250. The molecule has 4 aromatic rings. The number of ether oxygens (including phenoxy) is 4. The molecule has 0 aliphatic rings. The molecule has 0 aliphatic heterocycles. The molecule has 8 nitrogen and oxygen atoms in total. The highest BCUT2D eigenvalue weighted by atomic mass is 32.1. The van der Waals surface area contributed by atoms with Crippen LogP contribution in [-0.4, -0.2) is 43.1 Å². The van der Waals surface area contributed by atoms with E-state index in [0.717, 1.165) is 22.7 Å². The lowest BCUT2D eigenvalue weighted by molar-refractivity contribution is 0.0953. The van der Waals surface area contributed by atoms with Crippen molar-refractivity contribution < 1.29 is 23.7 Å². The van der Waals surface area contributed by atoms with Crippen molar-refractivity contribution in [1.82, 2.24) is 14.7 Å². The van der Waals surface area contributed by atoms with Crippen LogP contribution in [0.25, 0.3) is 0 Å². The lowest BCUT2D eigenvalue weighted by Crippen LogP contribution is -2.25. The summed E-state index contributed by atoms with van der Waals surface area (Å²) in [6.07, 6.45) is 1.25. The number of benzene rings is 3. The molecule has 1 aromatic heterocycles. The molecule has 4 rings (SSSR count). The highest BCUT2D eigenvalue weighted by molar-refractivity contribution is 7.07. The van der Waals surface area contributed by atoms with Gasteiger partial charge in [-0.15, -0.1) is 0 Å². The summed E-state index contributed by atoms with van der Waals surface area (Å²) < 4.78 is 26.4. The minimum absolute atomic E-state index is 0.217. The maximum atomic E-state index is 12.8.